The standard InChI is InChI=1S/C29H31N9O3/c1-3-6-22(28(39)37-7-4-5-8-37)24-18(2)32-27(34-24)25-23-14-20(16-31-26(23)36-35-25)19-13-21(17-30-15-19)33-29(40)38-9-11-41-12-10-38/h3,6,13-17H,1,4-5,7-12H2,2H3,(H,32,34)(H,33,40)(H,31,35,36)/b22-6+. The molecular weight excluding hydrogens is 522 g/mol. The second-order valence-electron chi connectivity index (χ2n) is 10.1. The van der Waals surface area contributed by atoms with Crippen molar-refractivity contribution in [3.05, 3.63) is 60.8 Å². The number of fused-ring (bicyclic) bond motifs is 1. The number of likely N-dealkylation sites (tertiary alicyclic amines) is 1. The van der Waals surface area contributed by atoms with Crippen LogP contribution >= 0.6 is 0 Å². The first-order chi connectivity index (χ1) is 20.0. The molecule has 0 radical (unpaired) electrons. The van der Waals surface area contributed by atoms with Crippen LogP contribution < -0.4 is 5.32 Å². The van der Waals surface area contributed by atoms with Gasteiger partial charge in [-0.1, -0.05) is 12.7 Å². The minimum absolute atomic E-state index is 0.0462. The van der Waals surface area contributed by atoms with Crippen LogP contribution in [0.2, 0.25) is 0 Å². The topological polar surface area (TPSA) is 145 Å². The third kappa shape index (κ3) is 5.33. The monoisotopic (exact) mass is 553 g/mol. The second-order valence-corrected chi connectivity index (χ2v) is 10.1. The van der Waals surface area contributed by atoms with E-state index in [1.54, 1.807) is 35.6 Å². The number of hydrogen-bond acceptors (Lipinski definition) is 7. The number of pyridine rings is 2. The molecule has 0 spiro atoms. The van der Waals surface area contributed by atoms with Crippen LogP contribution in [0.4, 0.5) is 10.5 Å². The Kier molecular flexibility index (Phi) is 7.30. The largest absolute Gasteiger partial charge is 0.378 e. The number of nitrogens with one attached hydrogen (secondary N) is 3. The molecule has 2 fully saturated rings. The third-order valence-corrected chi connectivity index (χ3v) is 7.32. The van der Waals surface area contributed by atoms with Gasteiger partial charge >= 0.3 is 6.03 Å². The number of ether oxygens (including phenoxy) is 1. The van der Waals surface area contributed by atoms with Crippen LogP contribution in [0.1, 0.15) is 24.2 Å². The normalized spacial score (nSPS) is 15.9. The lowest BCUT2D eigenvalue weighted by Crippen LogP contribution is -2.43. The fraction of sp³-hybridized carbons (Fsp3) is 0.310. The van der Waals surface area contributed by atoms with Gasteiger partial charge in [-0.25, -0.2) is 14.8 Å². The van der Waals surface area contributed by atoms with Crippen LogP contribution in [0.15, 0.2) is 49.5 Å². The quantitative estimate of drug-likeness (QED) is 0.243. The molecule has 6 rings (SSSR count). The average Bonchev–Trinajstić information content (AvgIpc) is 3.76. The third-order valence-electron chi connectivity index (χ3n) is 7.32. The summed E-state index contributed by atoms with van der Waals surface area (Å²) in [6, 6.07) is 3.63. The number of anilines is 1. The zero-order chi connectivity index (χ0) is 28.3. The highest BCUT2D eigenvalue weighted by Crippen LogP contribution is 2.31. The zero-order valence-corrected chi connectivity index (χ0v) is 22.8. The summed E-state index contributed by atoms with van der Waals surface area (Å²) in [5.74, 6) is 0.503. The van der Waals surface area contributed by atoms with Crippen LogP contribution in [0, 0.1) is 6.92 Å². The van der Waals surface area contributed by atoms with Crippen LogP contribution in [0.3, 0.4) is 0 Å². The summed E-state index contributed by atoms with van der Waals surface area (Å²) in [7, 11) is 0. The smallest absolute Gasteiger partial charge is 0.322 e. The molecule has 4 aromatic rings. The highest BCUT2D eigenvalue weighted by atomic mass is 16.5. The van der Waals surface area contributed by atoms with Crippen LogP contribution in [-0.4, -0.2) is 91.3 Å². The van der Waals surface area contributed by atoms with Crippen molar-refractivity contribution in [1.82, 2.24) is 39.9 Å². The number of rotatable bonds is 6. The fourth-order valence-corrected chi connectivity index (χ4v) is 5.17. The summed E-state index contributed by atoms with van der Waals surface area (Å²) in [5.41, 5.74) is 5.20. The SMILES string of the molecule is C=C/C=C(/C(=O)N1CCCC1)c1nc(-c2[nH]nc3ncc(-c4cncc(NC(=O)N5CCOCC5)c4)cc23)[nH]c1C. The number of amides is 3. The highest BCUT2D eigenvalue weighted by Gasteiger charge is 2.26. The minimum atomic E-state index is -0.185. The fourth-order valence-electron chi connectivity index (χ4n) is 5.17. The number of aromatic nitrogens is 6. The van der Waals surface area contributed by atoms with Crippen molar-refractivity contribution in [1.29, 1.82) is 0 Å². The molecule has 41 heavy (non-hydrogen) atoms. The molecule has 0 aromatic carbocycles. The van der Waals surface area contributed by atoms with Gasteiger partial charge in [-0.3, -0.25) is 14.9 Å². The predicted molar refractivity (Wildman–Crippen MR) is 155 cm³/mol. The number of aromatic amines is 2. The van der Waals surface area contributed by atoms with Crippen molar-refractivity contribution in [3.8, 4) is 22.6 Å². The molecular formula is C29H31N9O3. The number of urea groups is 1. The van der Waals surface area contributed by atoms with Gasteiger partial charge in [0, 0.05) is 55.4 Å². The summed E-state index contributed by atoms with van der Waals surface area (Å²) < 4.78 is 5.33. The van der Waals surface area contributed by atoms with Gasteiger partial charge in [-0.15, -0.1) is 0 Å². The molecule has 3 N–H and O–H groups in total. The molecule has 0 bridgehead atoms. The van der Waals surface area contributed by atoms with E-state index in [2.05, 4.69) is 37.0 Å². The Bertz CT molecular complexity index is 1640. The molecule has 210 valence electrons. The van der Waals surface area contributed by atoms with Crippen LogP contribution in [0.5, 0.6) is 0 Å². The molecule has 2 aliphatic heterocycles. The molecule has 4 aromatic heterocycles. The van der Waals surface area contributed by atoms with E-state index < -0.39 is 0 Å². The molecule has 0 unspecified atom stereocenters. The van der Waals surface area contributed by atoms with E-state index >= 15 is 0 Å². The van der Waals surface area contributed by atoms with Crippen molar-refractivity contribution in [2.45, 2.75) is 19.8 Å². The van der Waals surface area contributed by atoms with Crippen LogP contribution in [-0.2, 0) is 9.53 Å². The second kappa shape index (κ2) is 11.3. The number of carbonyl (C=O) groups excluding carboxylic acids is 2. The van der Waals surface area contributed by atoms with Crippen molar-refractivity contribution in [3.63, 3.8) is 0 Å². The Morgan fingerprint density at radius 2 is 1.83 bits per heavy atom. The Morgan fingerprint density at radius 1 is 1.05 bits per heavy atom. The molecule has 3 amide bonds. The maximum absolute atomic E-state index is 13.3. The molecule has 0 aliphatic carbocycles. The summed E-state index contributed by atoms with van der Waals surface area (Å²) in [4.78, 5) is 46.5. The Morgan fingerprint density at radius 3 is 2.61 bits per heavy atom. The molecule has 12 heteroatoms. The van der Waals surface area contributed by atoms with Crippen molar-refractivity contribution >= 4 is 34.2 Å². The van der Waals surface area contributed by atoms with Gasteiger partial charge in [0.05, 0.1) is 41.8 Å². The summed E-state index contributed by atoms with van der Waals surface area (Å²) in [5, 5.41) is 11.1. The number of allylic oxidation sites excluding steroid dienone is 2. The Hall–Kier alpha value is -4.84. The lowest BCUT2D eigenvalue weighted by molar-refractivity contribution is -0.124. The van der Waals surface area contributed by atoms with E-state index in [0.717, 1.165) is 48.1 Å². The first-order valence-corrected chi connectivity index (χ1v) is 13.6. The molecule has 2 saturated heterocycles. The first kappa shape index (κ1) is 26.4. The summed E-state index contributed by atoms with van der Waals surface area (Å²) in [6.07, 6.45) is 10.4. The van der Waals surface area contributed by atoms with E-state index in [1.165, 1.54) is 0 Å². The lowest BCUT2D eigenvalue weighted by atomic mass is 10.1. The minimum Gasteiger partial charge on any atom is -0.378 e. The van der Waals surface area contributed by atoms with Crippen molar-refractivity contribution in [2.24, 2.45) is 0 Å². The average molecular weight is 554 g/mol. The van der Waals surface area contributed by atoms with Gasteiger partial charge in [-0.2, -0.15) is 5.10 Å². The number of hydrogen-bond donors (Lipinski definition) is 3. The van der Waals surface area contributed by atoms with E-state index in [-0.39, 0.29) is 11.9 Å². The Balaban J connectivity index is 1.29. The van der Waals surface area contributed by atoms with Gasteiger partial charge in [0.1, 0.15) is 5.69 Å². The van der Waals surface area contributed by atoms with Gasteiger partial charge in [0.2, 0.25) is 0 Å². The van der Waals surface area contributed by atoms with Gasteiger partial charge in [0.15, 0.2) is 11.5 Å². The van der Waals surface area contributed by atoms with Crippen LogP contribution in [0.25, 0.3) is 39.3 Å². The maximum atomic E-state index is 13.3. The number of morpholine rings is 1. The molecule has 0 saturated carbocycles. The van der Waals surface area contributed by atoms with Gasteiger partial charge in [0.25, 0.3) is 5.91 Å². The number of nitrogens with zero attached hydrogens (tertiary/aromatic N) is 6. The number of carbonyl (C=O) groups is 2. The highest BCUT2D eigenvalue weighted by molar-refractivity contribution is 6.19. The van der Waals surface area contributed by atoms with Crippen molar-refractivity contribution < 1.29 is 14.3 Å². The summed E-state index contributed by atoms with van der Waals surface area (Å²) >= 11 is 0. The van der Waals surface area contributed by atoms with Gasteiger partial charge < -0.3 is 24.8 Å². The predicted octanol–water partition coefficient (Wildman–Crippen LogP) is 3.77. The molecule has 0 atom stereocenters. The molecule has 6 heterocycles. The lowest BCUT2D eigenvalue weighted by Gasteiger charge is -2.26. The number of H-pyrrole nitrogens is 2. The van der Waals surface area contributed by atoms with E-state index in [1.807, 2.05) is 24.0 Å². The molecule has 2 aliphatic rings. The number of imidazole rings is 1. The van der Waals surface area contributed by atoms with E-state index in [4.69, 9.17) is 9.72 Å². The summed E-state index contributed by atoms with van der Waals surface area (Å²) in [6.45, 7) is 9.35. The van der Waals surface area contributed by atoms with E-state index in [0.29, 0.717) is 60.4 Å². The maximum Gasteiger partial charge on any atom is 0.322 e. The van der Waals surface area contributed by atoms with Gasteiger partial charge in [-0.05, 0) is 38.0 Å². The van der Waals surface area contributed by atoms with E-state index in [9.17, 15) is 9.59 Å². The first-order valence-electron chi connectivity index (χ1n) is 13.6. The van der Waals surface area contributed by atoms with Crippen molar-refractivity contribution in [2.75, 3.05) is 44.7 Å². The molecule has 12 nitrogen and oxygen atoms in total. The number of aryl methyl sites for hydroxylation is 1. The zero-order valence-electron chi connectivity index (χ0n) is 22.8. The Labute approximate surface area is 236 Å².